The van der Waals surface area contributed by atoms with E-state index in [4.69, 9.17) is 16.3 Å². The minimum atomic E-state index is -4.59. The minimum absolute atomic E-state index is 0.0211. The van der Waals surface area contributed by atoms with Gasteiger partial charge in [0.2, 0.25) is 16.4 Å². The number of alkyl halides is 3. The van der Waals surface area contributed by atoms with Crippen LogP contribution in [0.5, 0.6) is 0 Å². The Morgan fingerprint density at radius 1 is 1.16 bits per heavy atom. The number of benzene rings is 1. The Morgan fingerprint density at radius 3 is 2.47 bits per heavy atom. The fourth-order valence-electron chi connectivity index (χ4n) is 5.62. The first-order chi connectivity index (χ1) is 20.0. The van der Waals surface area contributed by atoms with E-state index in [0.29, 0.717) is 31.0 Å². The summed E-state index contributed by atoms with van der Waals surface area (Å²) >= 11 is 9.33. The maximum Gasteiger partial charge on any atom is 0.416 e. The van der Waals surface area contributed by atoms with Gasteiger partial charge in [-0.15, -0.1) is 5.10 Å². The summed E-state index contributed by atoms with van der Waals surface area (Å²) in [5.74, 6) is -0.675. The van der Waals surface area contributed by atoms with Gasteiger partial charge in [0.25, 0.3) is 5.56 Å². The van der Waals surface area contributed by atoms with Crippen molar-refractivity contribution >= 4 is 56.7 Å². The fourth-order valence-corrected chi connectivity index (χ4v) is 6.16. The van der Waals surface area contributed by atoms with Crippen LogP contribution in [0, 0.1) is 0 Å². The van der Waals surface area contributed by atoms with E-state index in [0.717, 1.165) is 22.7 Å². The number of nitrogens with zero attached hydrogens (tertiary/aromatic N) is 6. The number of ether oxygens (including phenoxy) is 1. The lowest BCUT2D eigenvalue weighted by Gasteiger charge is -2.41. The maximum absolute atomic E-state index is 13.9. The van der Waals surface area contributed by atoms with Crippen LogP contribution in [0.1, 0.15) is 64.3 Å². The van der Waals surface area contributed by atoms with Gasteiger partial charge in [0, 0.05) is 31.6 Å². The molecular weight excluding hydrogens is 659 g/mol. The van der Waals surface area contributed by atoms with E-state index >= 15 is 0 Å². The second-order valence-corrected chi connectivity index (χ2v) is 12.9. The van der Waals surface area contributed by atoms with E-state index in [9.17, 15) is 27.6 Å². The summed E-state index contributed by atoms with van der Waals surface area (Å²) in [5.41, 5.74) is -1.07. The monoisotopic (exact) mass is 687 g/mol. The summed E-state index contributed by atoms with van der Waals surface area (Å²) in [4.78, 5) is 48.1. The lowest BCUT2D eigenvalue weighted by Crippen LogP contribution is -2.56. The molecule has 1 N–H and O–H groups in total. The molecule has 1 aromatic carbocycles. The topological polar surface area (TPSA) is 114 Å². The smallest absolute Gasteiger partial charge is 0.416 e. The van der Waals surface area contributed by atoms with Crippen LogP contribution in [0.25, 0.3) is 5.78 Å². The van der Waals surface area contributed by atoms with Crippen molar-refractivity contribution in [3.8, 4) is 0 Å². The number of amides is 2. The molecule has 2 unspecified atom stereocenters. The number of aromatic nitrogens is 4. The van der Waals surface area contributed by atoms with Crippen LogP contribution < -0.4 is 15.8 Å². The molecule has 3 aromatic rings. The molecule has 1 fully saturated rings. The predicted octanol–water partition coefficient (Wildman–Crippen LogP) is 5.46. The highest BCUT2D eigenvalue weighted by Crippen LogP contribution is 2.42. The maximum atomic E-state index is 13.9. The molecule has 4 heterocycles. The minimum Gasteiger partial charge on any atom is -0.444 e. The molecule has 11 nitrogen and oxygen atoms in total. The number of carbonyl (C=O) groups excluding carboxylic acids is 2. The molecule has 3 atom stereocenters. The van der Waals surface area contributed by atoms with E-state index in [1.165, 1.54) is 0 Å². The fraction of sp³-hybridized carbons (Fsp3) is 0.519. The lowest BCUT2D eigenvalue weighted by atomic mass is 10.0. The number of piperazine rings is 1. The molecule has 2 amide bonds. The molecule has 5 rings (SSSR count). The average molecular weight is 689 g/mol. The van der Waals surface area contributed by atoms with Crippen LogP contribution in [0.4, 0.5) is 29.3 Å². The number of hydrogen-bond acceptors (Lipinski definition) is 7. The second kappa shape index (κ2) is 11.0. The summed E-state index contributed by atoms with van der Waals surface area (Å²) < 4.78 is 47.8. The largest absolute Gasteiger partial charge is 0.444 e. The van der Waals surface area contributed by atoms with Gasteiger partial charge in [-0.1, -0.05) is 18.5 Å². The van der Waals surface area contributed by atoms with Crippen molar-refractivity contribution in [1.29, 1.82) is 0 Å². The Balaban J connectivity index is 1.51. The number of nitrogens with one attached hydrogen (secondary N) is 1. The molecule has 2 aliphatic heterocycles. The molecule has 232 valence electrons. The highest BCUT2D eigenvalue weighted by molar-refractivity contribution is 9.10. The third-order valence-corrected chi connectivity index (χ3v) is 8.11. The quantitative estimate of drug-likeness (QED) is 0.389. The number of carbonyl (C=O) groups is 2. The van der Waals surface area contributed by atoms with Crippen LogP contribution in [-0.2, 0) is 15.7 Å². The predicted molar refractivity (Wildman–Crippen MR) is 157 cm³/mol. The van der Waals surface area contributed by atoms with E-state index in [2.05, 4.69) is 31.3 Å². The van der Waals surface area contributed by atoms with Gasteiger partial charge in [-0.25, -0.2) is 4.79 Å². The standard InChI is InChI=1S/C27H30BrClF3N7O4/c1-13-10-18(21(40)33-17-7-6-15(11-16(17)29)27(30,31)32)38-19(13)20(22(41)39-24(38)34-23(28)35-39)36-8-9-37(14(2)12-36)25(42)43-26(3,4)5/h6-7,11,13-14,18H,8-10,12H2,1-5H3,(H,33,40)/t13?,14-,18?/m1/s1. The molecular formula is C27H30BrClF3N7O4. The molecule has 2 aliphatic rings. The zero-order valence-electron chi connectivity index (χ0n) is 24.0. The summed E-state index contributed by atoms with van der Waals surface area (Å²) in [7, 11) is 0. The van der Waals surface area contributed by atoms with Crippen molar-refractivity contribution in [1.82, 2.24) is 24.1 Å². The van der Waals surface area contributed by atoms with Crippen LogP contribution in [-0.4, -0.2) is 67.3 Å². The number of hydrogen-bond donors (Lipinski definition) is 1. The molecule has 1 saturated heterocycles. The van der Waals surface area contributed by atoms with E-state index in [1.807, 2.05) is 18.7 Å². The molecule has 0 bridgehead atoms. The van der Waals surface area contributed by atoms with Crippen molar-refractivity contribution in [2.75, 3.05) is 29.9 Å². The average Bonchev–Trinajstić information content (AvgIpc) is 3.44. The van der Waals surface area contributed by atoms with Gasteiger partial charge < -0.3 is 19.9 Å². The molecule has 0 saturated carbocycles. The van der Waals surface area contributed by atoms with Crippen molar-refractivity contribution in [2.45, 2.75) is 70.8 Å². The molecule has 2 aromatic heterocycles. The number of fused-ring (bicyclic) bond motifs is 3. The zero-order valence-corrected chi connectivity index (χ0v) is 26.3. The van der Waals surface area contributed by atoms with Gasteiger partial charge in [-0.3, -0.25) is 14.2 Å². The third-order valence-electron chi connectivity index (χ3n) is 7.46. The third kappa shape index (κ3) is 5.93. The van der Waals surface area contributed by atoms with Crippen molar-refractivity contribution < 1.29 is 27.5 Å². The SMILES string of the molecule is CC1CC(C(=O)Nc2ccc(C(F)(F)F)cc2Cl)n2c1c(N1CCN(C(=O)OC(C)(C)C)[C@H](C)C1)c(=O)n1nc(Br)nc21. The molecule has 16 heteroatoms. The van der Waals surface area contributed by atoms with Gasteiger partial charge >= 0.3 is 12.3 Å². The summed E-state index contributed by atoms with van der Waals surface area (Å²) in [6, 6.07) is 1.53. The summed E-state index contributed by atoms with van der Waals surface area (Å²) in [6.07, 6.45) is -4.74. The van der Waals surface area contributed by atoms with Gasteiger partial charge in [0.1, 0.15) is 17.3 Å². The van der Waals surface area contributed by atoms with Crippen LogP contribution in [0.2, 0.25) is 5.02 Å². The lowest BCUT2D eigenvalue weighted by molar-refractivity contribution is -0.137. The highest BCUT2D eigenvalue weighted by Gasteiger charge is 2.41. The van der Waals surface area contributed by atoms with Gasteiger partial charge in [0.05, 0.1) is 22.0 Å². The van der Waals surface area contributed by atoms with E-state index in [1.54, 1.807) is 30.2 Å². The molecule has 0 aliphatic carbocycles. The van der Waals surface area contributed by atoms with Crippen molar-refractivity contribution in [3.63, 3.8) is 0 Å². The Labute approximate surface area is 258 Å². The normalized spacial score (nSPS) is 20.8. The van der Waals surface area contributed by atoms with Crippen LogP contribution >= 0.6 is 27.5 Å². The van der Waals surface area contributed by atoms with Gasteiger partial charge in [-0.2, -0.15) is 22.7 Å². The second-order valence-electron chi connectivity index (χ2n) is 11.8. The van der Waals surface area contributed by atoms with Gasteiger partial charge in [0.15, 0.2) is 0 Å². The first kappa shape index (κ1) is 31.1. The summed E-state index contributed by atoms with van der Waals surface area (Å²) in [5, 5.41) is 6.60. The Bertz CT molecular complexity index is 1670. The zero-order chi connectivity index (χ0) is 31.6. The number of anilines is 2. The number of rotatable bonds is 3. The first-order valence-corrected chi connectivity index (χ1v) is 14.8. The van der Waals surface area contributed by atoms with Crippen molar-refractivity contribution in [3.05, 3.63) is 49.6 Å². The van der Waals surface area contributed by atoms with E-state index in [-0.39, 0.29) is 39.6 Å². The summed E-state index contributed by atoms with van der Waals surface area (Å²) in [6.45, 7) is 10.1. The van der Waals surface area contributed by atoms with Gasteiger partial charge in [-0.05, 0) is 68.2 Å². The van der Waals surface area contributed by atoms with Crippen LogP contribution in [0.15, 0.2) is 27.7 Å². The van der Waals surface area contributed by atoms with Crippen LogP contribution in [0.3, 0.4) is 0 Å². The molecule has 0 spiro atoms. The number of halogens is 5. The molecule has 43 heavy (non-hydrogen) atoms. The van der Waals surface area contributed by atoms with Crippen molar-refractivity contribution in [2.24, 2.45) is 0 Å². The Hall–Kier alpha value is -3.33. The van der Waals surface area contributed by atoms with E-state index < -0.39 is 40.9 Å². The first-order valence-electron chi connectivity index (χ1n) is 13.6. The molecule has 0 radical (unpaired) electrons. The Kier molecular flexibility index (Phi) is 7.95. The Morgan fingerprint density at radius 2 is 1.86 bits per heavy atom. The highest BCUT2D eigenvalue weighted by atomic mass is 79.9.